The van der Waals surface area contributed by atoms with E-state index < -0.39 is 5.91 Å². The molecule has 0 radical (unpaired) electrons. The Hall–Kier alpha value is -3.81. The summed E-state index contributed by atoms with van der Waals surface area (Å²) >= 11 is 0. The van der Waals surface area contributed by atoms with Crippen LogP contribution in [0.3, 0.4) is 0 Å². The highest BCUT2D eigenvalue weighted by atomic mass is 16.6. The molecule has 35 heavy (non-hydrogen) atoms. The summed E-state index contributed by atoms with van der Waals surface area (Å²) in [7, 11) is 1.74. The molecule has 184 valence electrons. The average Bonchev–Trinajstić information content (AvgIpc) is 3.26. The second-order valence-corrected chi connectivity index (χ2v) is 9.74. The van der Waals surface area contributed by atoms with Crippen LogP contribution in [0.15, 0.2) is 34.7 Å². The topological polar surface area (TPSA) is 112 Å². The van der Waals surface area contributed by atoms with E-state index in [4.69, 9.17) is 14.6 Å². The molecule has 4 rings (SSSR count). The predicted octanol–water partition coefficient (Wildman–Crippen LogP) is 5.88. The van der Waals surface area contributed by atoms with Crippen LogP contribution in [0, 0.1) is 19.3 Å². The van der Waals surface area contributed by atoms with Crippen LogP contribution in [0.4, 0.5) is 11.6 Å². The molecule has 8 nitrogen and oxygen atoms in total. The molecule has 0 fully saturated rings. The van der Waals surface area contributed by atoms with E-state index in [1.165, 1.54) is 17.5 Å². The second kappa shape index (κ2) is 9.44. The highest BCUT2D eigenvalue weighted by Crippen LogP contribution is 2.40. The van der Waals surface area contributed by atoms with Gasteiger partial charge in [0, 0.05) is 24.4 Å². The van der Waals surface area contributed by atoms with E-state index in [0.717, 1.165) is 35.3 Å². The second-order valence-electron chi connectivity index (χ2n) is 9.74. The lowest BCUT2D eigenvalue weighted by Crippen LogP contribution is -2.29. The van der Waals surface area contributed by atoms with E-state index in [-0.39, 0.29) is 17.1 Å². The molecule has 0 saturated heterocycles. The van der Waals surface area contributed by atoms with Crippen LogP contribution >= 0.6 is 0 Å². The average molecular weight is 476 g/mol. The lowest BCUT2D eigenvalue weighted by Gasteiger charge is -2.33. The standard InChI is InChI=1S/C27H33N5O3/c1-15-12-18-8-7-11-27(4,5)19(18)14-21(15)35-23-10-9-20(34-23)26(33)32-31-22-13-16(2)24(17(3)28)25(29-6)30-22/h9-10,12-14,28H,7-8,11H2,1-6H3,(H,32,33)(H2,29,30,31). The number of fused-ring (bicyclic) bond motifs is 1. The fourth-order valence-corrected chi connectivity index (χ4v) is 4.73. The molecule has 2 aromatic heterocycles. The van der Waals surface area contributed by atoms with Crippen LogP contribution in [0.2, 0.25) is 0 Å². The number of carbonyl (C=O) groups is 1. The van der Waals surface area contributed by atoms with Gasteiger partial charge in [-0.1, -0.05) is 19.9 Å². The molecule has 8 heteroatoms. The molecule has 0 bridgehead atoms. The smallest absolute Gasteiger partial charge is 0.305 e. The van der Waals surface area contributed by atoms with E-state index in [1.54, 1.807) is 32.2 Å². The van der Waals surface area contributed by atoms with Gasteiger partial charge in [0.25, 0.3) is 5.95 Å². The van der Waals surface area contributed by atoms with E-state index in [1.807, 2.05) is 13.8 Å². The molecule has 0 atom stereocenters. The van der Waals surface area contributed by atoms with Gasteiger partial charge < -0.3 is 19.9 Å². The third kappa shape index (κ3) is 5.01. The Morgan fingerprint density at radius 2 is 1.94 bits per heavy atom. The lowest BCUT2D eigenvalue weighted by atomic mass is 9.72. The van der Waals surface area contributed by atoms with E-state index in [2.05, 4.69) is 47.1 Å². The summed E-state index contributed by atoms with van der Waals surface area (Å²) in [5.41, 5.74) is 11.3. The number of pyridine rings is 1. The van der Waals surface area contributed by atoms with Crippen molar-refractivity contribution in [1.29, 1.82) is 5.41 Å². The first-order valence-electron chi connectivity index (χ1n) is 11.8. The highest BCUT2D eigenvalue weighted by Gasteiger charge is 2.28. The summed E-state index contributed by atoms with van der Waals surface area (Å²) in [5.74, 6) is 1.65. The van der Waals surface area contributed by atoms with Crippen LogP contribution in [0.5, 0.6) is 11.7 Å². The summed E-state index contributed by atoms with van der Waals surface area (Å²) in [5, 5.41) is 10.9. The SMILES string of the molecule is CNc1nc(NNC(=O)c2ccc(Oc3cc4c(cc3C)CCCC4(C)C)o2)cc(C)c1C(C)=N. The summed E-state index contributed by atoms with van der Waals surface area (Å²) in [6.07, 6.45) is 3.43. The molecule has 0 saturated carbocycles. The van der Waals surface area contributed by atoms with Crippen molar-refractivity contribution in [2.24, 2.45) is 0 Å². The number of nitrogens with one attached hydrogen (secondary N) is 4. The minimum Gasteiger partial charge on any atom is -0.426 e. The molecule has 4 N–H and O–H groups in total. The molecule has 1 amide bonds. The van der Waals surface area contributed by atoms with Crippen molar-refractivity contribution in [2.75, 3.05) is 17.8 Å². The van der Waals surface area contributed by atoms with E-state index in [9.17, 15) is 4.79 Å². The zero-order valence-electron chi connectivity index (χ0n) is 21.2. The molecule has 0 unspecified atom stereocenters. The normalized spacial score (nSPS) is 14.1. The molecule has 0 aliphatic heterocycles. The van der Waals surface area contributed by atoms with Gasteiger partial charge in [-0.2, -0.15) is 0 Å². The number of aromatic nitrogens is 1. The Morgan fingerprint density at radius 1 is 1.17 bits per heavy atom. The number of aryl methyl sites for hydroxylation is 3. The van der Waals surface area contributed by atoms with Gasteiger partial charge in [-0.15, -0.1) is 0 Å². The number of furan rings is 1. The Kier molecular flexibility index (Phi) is 6.56. The molecule has 1 aromatic carbocycles. The van der Waals surface area contributed by atoms with Crippen molar-refractivity contribution in [3.05, 3.63) is 63.9 Å². The van der Waals surface area contributed by atoms with Gasteiger partial charge in [0.2, 0.25) is 0 Å². The van der Waals surface area contributed by atoms with Crippen LogP contribution in [0.25, 0.3) is 0 Å². The number of rotatable bonds is 7. The van der Waals surface area contributed by atoms with Gasteiger partial charge in [-0.05, 0) is 85.9 Å². The molecule has 0 spiro atoms. The number of anilines is 2. The first-order valence-corrected chi connectivity index (χ1v) is 11.8. The van der Waals surface area contributed by atoms with Gasteiger partial charge in [-0.25, -0.2) is 4.98 Å². The maximum Gasteiger partial charge on any atom is 0.305 e. The highest BCUT2D eigenvalue weighted by molar-refractivity contribution is 6.02. The van der Waals surface area contributed by atoms with Crippen molar-refractivity contribution in [1.82, 2.24) is 10.4 Å². The number of carbonyl (C=O) groups excluding carboxylic acids is 1. The number of benzene rings is 1. The van der Waals surface area contributed by atoms with Crippen LogP contribution < -0.4 is 20.9 Å². The first-order chi connectivity index (χ1) is 16.6. The monoisotopic (exact) mass is 475 g/mol. The van der Waals surface area contributed by atoms with E-state index >= 15 is 0 Å². The lowest BCUT2D eigenvalue weighted by molar-refractivity contribution is 0.0930. The number of nitrogens with zero attached hydrogens (tertiary/aromatic N) is 1. The minimum absolute atomic E-state index is 0.106. The number of hydrogen-bond acceptors (Lipinski definition) is 7. The molecule has 1 aliphatic carbocycles. The third-order valence-corrected chi connectivity index (χ3v) is 6.53. The summed E-state index contributed by atoms with van der Waals surface area (Å²) in [4.78, 5) is 17.1. The van der Waals surface area contributed by atoms with Crippen molar-refractivity contribution >= 4 is 23.3 Å². The fourth-order valence-electron chi connectivity index (χ4n) is 4.73. The van der Waals surface area contributed by atoms with Crippen molar-refractivity contribution < 1.29 is 13.9 Å². The minimum atomic E-state index is -0.457. The largest absolute Gasteiger partial charge is 0.426 e. The Labute approximate surface area is 206 Å². The summed E-state index contributed by atoms with van der Waals surface area (Å²) < 4.78 is 11.7. The number of hydrazine groups is 1. The summed E-state index contributed by atoms with van der Waals surface area (Å²) in [6.45, 7) is 10.2. The molecular weight excluding hydrogens is 442 g/mol. The van der Waals surface area contributed by atoms with Crippen LogP contribution in [-0.2, 0) is 11.8 Å². The van der Waals surface area contributed by atoms with Crippen molar-refractivity contribution in [3.63, 3.8) is 0 Å². The van der Waals surface area contributed by atoms with Crippen LogP contribution in [0.1, 0.15) is 72.0 Å². The van der Waals surface area contributed by atoms with Gasteiger partial charge in [0.05, 0.1) is 0 Å². The molecule has 2 heterocycles. The van der Waals surface area contributed by atoms with Gasteiger partial charge in [-0.3, -0.25) is 15.6 Å². The molecule has 1 aliphatic rings. The van der Waals surface area contributed by atoms with Gasteiger partial charge >= 0.3 is 5.91 Å². The molecule has 3 aromatic rings. The van der Waals surface area contributed by atoms with Crippen LogP contribution in [-0.4, -0.2) is 23.7 Å². The number of hydrogen-bond donors (Lipinski definition) is 4. The zero-order valence-corrected chi connectivity index (χ0v) is 21.2. The Balaban J connectivity index is 1.46. The maximum atomic E-state index is 12.6. The predicted molar refractivity (Wildman–Crippen MR) is 138 cm³/mol. The number of ether oxygens (including phenoxy) is 1. The quantitative estimate of drug-likeness (QED) is 0.251. The third-order valence-electron chi connectivity index (χ3n) is 6.53. The first kappa shape index (κ1) is 24.3. The Bertz CT molecular complexity index is 1290. The van der Waals surface area contributed by atoms with Gasteiger partial charge in [0.1, 0.15) is 17.4 Å². The Morgan fingerprint density at radius 3 is 2.66 bits per heavy atom. The summed E-state index contributed by atoms with van der Waals surface area (Å²) in [6, 6.07) is 9.29. The van der Waals surface area contributed by atoms with Crippen molar-refractivity contribution in [3.8, 4) is 11.7 Å². The maximum absolute atomic E-state index is 12.6. The van der Waals surface area contributed by atoms with E-state index in [0.29, 0.717) is 17.3 Å². The zero-order chi connectivity index (χ0) is 25.3. The molecular formula is C27H33N5O3. The number of amides is 1. The van der Waals surface area contributed by atoms with Crippen molar-refractivity contribution in [2.45, 2.75) is 59.3 Å². The fraction of sp³-hybridized carbons (Fsp3) is 0.370. The van der Waals surface area contributed by atoms with Gasteiger partial charge in [0.15, 0.2) is 5.76 Å².